The molecule has 1 atom stereocenters. The van der Waals surface area contributed by atoms with Crippen molar-refractivity contribution in [3.05, 3.63) is 35.5 Å². The van der Waals surface area contributed by atoms with E-state index < -0.39 is 6.10 Å². The maximum absolute atomic E-state index is 11.7. The van der Waals surface area contributed by atoms with Crippen LogP contribution in [0.5, 0.6) is 5.75 Å². The van der Waals surface area contributed by atoms with Gasteiger partial charge < -0.3 is 19.6 Å². The molecule has 7 heteroatoms. The van der Waals surface area contributed by atoms with Gasteiger partial charge in [0.2, 0.25) is 0 Å². The second-order valence-corrected chi connectivity index (χ2v) is 4.75. The third-order valence-corrected chi connectivity index (χ3v) is 3.15. The van der Waals surface area contributed by atoms with E-state index in [4.69, 9.17) is 9.15 Å². The maximum Gasteiger partial charge on any atom is 0.258 e. The SMILES string of the molecule is Cc1nn(C)c(C)c1OCC(=O)NC[C@H](O)c1ccco1. The number of ether oxygens (including phenoxy) is 1. The smallest absolute Gasteiger partial charge is 0.258 e. The molecule has 2 aromatic heterocycles. The van der Waals surface area contributed by atoms with Gasteiger partial charge in [0.25, 0.3) is 5.91 Å². The van der Waals surface area contributed by atoms with Gasteiger partial charge in [-0.1, -0.05) is 0 Å². The minimum Gasteiger partial charge on any atom is -0.480 e. The highest BCUT2D eigenvalue weighted by atomic mass is 16.5. The lowest BCUT2D eigenvalue weighted by atomic mass is 10.3. The van der Waals surface area contributed by atoms with Gasteiger partial charge in [-0.25, -0.2) is 0 Å². The number of rotatable bonds is 6. The van der Waals surface area contributed by atoms with E-state index in [1.165, 1.54) is 6.26 Å². The second kappa shape index (κ2) is 6.45. The van der Waals surface area contributed by atoms with Crippen molar-refractivity contribution >= 4 is 5.91 Å². The van der Waals surface area contributed by atoms with E-state index in [1.54, 1.807) is 16.8 Å². The highest BCUT2D eigenvalue weighted by Crippen LogP contribution is 2.21. The highest BCUT2D eigenvalue weighted by molar-refractivity contribution is 5.77. The number of nitrogens with zero attached hydrogens (tertiary/aromatic N) is 2. The topological polar surface area (TPSA) is 89.5 Å². The van der Waals surface area contributed by atoms with Crippen LogP contribution in [-0.2, 0) is 11.8 Å². The summed E-state index contributed by atoms with van der Waals surface area (Å²) in [4.78, 5) is 11.7. The van der Waals surface area contributed by atoms with Crippen LogP contribution in [0.1, 0.15) is 23.3 Å². The Labute approximate surface area is 122 Å². The summed E-state index contributed by atoms with van der Waals surface area (Å²) in [5.41, 5.74) is 1.59. The molecule has 2 heterocycles. The maximum atomic E-state index is 11.7. The molecule has 0 saturated carbocycles. The Balaban J connectivity index is 1.80. The molecule has 0 aliphatic rings. The summed E-state index contributed by atoms with van der Waals surface area (Å²) in [6.45, 7) is 3.63. The van der Waals surface area contributed by atoms with E-state index in [1.807, 2.05) is 20.9 Å². The summed E-state index contributed by atoms with van der Waals surface area (Å²) in [7, 11) is 1.81. The normalized spacial score (nSPS) is 12.2. The lowest BCUT2D eigenvalue weighted by Gasteiger charge is -2.10. The average molecular weight is 293 g/mol. The Morgan fingerprint density at radius 3 is 2.90 bits per heavy atom. The summed E-state index contributed by atoms with van der Waals surface area (Å²) in [6.07, 6.45) is 0.600. The standard InChI is InChI=1S/C14H19N3O4/c1-9-14(10(2)17(3)16-9)21-8-13(19)15-7-11(18)12-5-4-6-20-12/h4-6,11,18H,7-8H2,1-3H3,(H,15,19)/t11-/m0/s1. The third kappa shape index (κ3) is 3.63. The molecule has 0 fully saturated rings. The van der Waals surface area contributed by atoms with Gasteiger partial charge in [0.05, 0.1) is 18.5 Å². The summed E-state index contributed by atoms with van der Waals surface area (Å²) >= 11 is 0. The molecule has 2 aromatic rings. The van der Waals surface area contributed by atoms with Crippen molar-refractivity contribution in [3.8, 4) is 5.75 Å². The van der Waals surface area contributed by atoms with Gasteiger partial charge in [0.15, 0.2) is 12.4 Å². The van der Waals surface area contributed by atoms with Crippen molar-refractivity contribution in [2.45, 2.75) is 20.0 Å². The van der Waals surface area contributed by atoms with Crippen LogP contribution in [0.25, 0.3) is 0 Å². The van der Waals surface area contributed by atoms with Crippen LogP contribution in [0.3, 0.4) is 0 Å². The molecular formula is C14H19N3O4. The van der Waals surface area contributed by atoms with E-state index in [0.717, 1.165) is 11.4 Å². The molecule has 0 aliphatic heterocycles. The summed E-state index contributed by atoms with van der Waals surface area (Å²) in [5.74, 6) is 0.706. The molecule has 0 unspecified atom stereocenters. The molecule has 0 aromatic carbocycles. The second-order valence-electron chi connectivity index (χ2n) is 4.75. The fourth-order valence-corrected chi connectivity index (χ4v) is 1.94. The summed E-state index contributed by atoms with van der Waals surface area (Å²) in [6, 6.07) is 3.33. The average Bonchev–Trinajstić information content (AvgIpc) is 3.05. The molecule has 0 bridgehead atoms. The van der Waals surface area contributed by atoms with Crippen molar-refractivity contribution in [2.24, 2.45) is 7.05 Å². The third-order valence-electron chi connectivity index (χ3n) is 3.15. The van der Waals surface area contributed by atoms with Gasteiger partial charge >= 0.3 is 0 Å². The quantitative estimate of drug-likeness (QED) is 0.824. The zero-order valence-electron chi connectivity index (χ0n) is 12.3. The zero-order valence-corrected chi connectivity index (χ0v) is 12.3. The van der Waals surface area contributed by atoms with Gasteiger partial charge in [-0.3, -0.25) is 9.48 Å². The molecule has 1 amide bonds. The number of carbonyl (C=O) groups excluding carboxylic acids is 1. The van der Waals surface area contributed by atoms with E-state index in [0.29, 0.717) is 11.5 Å². The monoisotopic (exact) mass is 293 g/mol. The number of nitrogens with one attached hydrogen (secondary N) is 1. The summed E-state index contributed by atoms with van der Waals surface area (Å²) in [5, 5.41) is 16.6. The van der Waals surface area contributed by atoms with E-state index in [-0.39, 0.29) is 19.1 Å². The van der Waals surface area contributed by atoms with Crippen LogP contribution in [-0.4, -0.2) is 33.9 Å². The lowest BCUT2D eigenvalue weighted by Crippen LogP contribution is -2.32. The predicted molar refractivity (Wildman–Crippen MR) is 74.9 cm³/mol. The molecule has 2 rings (SSSR count). The van der Waals surface area contributed by atoms with Crippen LogP contribution in [0.15, 0.2) is 22.8 Å². The minimum absolute atomic E-state index is 0.0701. The molecular weight excluding hydrogens is 274 g/mol. The van der Waals surface area contributed by atoms with Gasteiger partial charge in [0, 0.05) is 7.05 Å². The first-order valence-electron chi connectivity index (χ1n) is 6.60. The zero-order chi connectivity index (χ0) is 15.4. The van der Waals surface area contributed by atoms with Gasteiger partial charge in [0.1, 0.15) is 17.6 Å². The molecule has 0 aliphatic carbocycles. The van der Waals surface area contributed by atoms with Crippen molar-refractivity contribution in [2.75, 3.05) is 13.2 Å². The van der Waals surface area contributed by atoms with Gasteiger partial charge in [-0.15, -0.1) is 0 Å². The Bertz CT molecular complexity index is 604. The first-order chi connectivity index (χ1) is 9.99. The fourth-order valence-electron chi connectivity index (χ4n) is 1.94. The number of hydrogen-bond donors (Lipinski definition) is 2. The molecule has 21 heavy (non-hydrogen) atoms. The molecule has 7 nitrogen and oxygen atoms in total. The predicted octanol–water partition coefficient (Wildman–Crippen LogP) is 0.859. The van der Waals surface area contributed by atoms with Crippen LogP contribution >= 0.6 is 0 Å². The molecule has 114 valence electrons. The van der Waals surface area contributed by atoms with E-state index in [2.05, 4.69) is 10.4 Å². The molecule has 0 spiro atoms. The van der Waals surface area contributed by atoms with E-state index >= 15 is 0 Å². The van der Waals surface area contributed by atoms with Gasteiger partial charge in [-0.2, -0.15) is 5.10 Å². The van der Waals surface area contributed by atoms with Crippen molar-refractivity contribution in [1.82, 2.24) is 15.1 Å². The Kier molecular flexibility index (Phi) is 4.64. The number of aliphatic hydroxyl groups excluding tert-OH is 1. The summed E-state index contributed by atoms with van der Waals surface area (Å²) < 4.78 is 12.2. The van der Waals surface area contributed by atoms with E-state index in [9.17, 15) is 9.90 Å². The van der Waals surface area contributed by atoms with Gasteiger partial charge in [-0.05, 0) is 26.0 Å². The van der Waals surface area contributed by atoms with Crippen LogP contribution in [0.2, 0.25) is 0 Å². The number of amides is 1. The number of aliphatic hydroxyl groups is 1. The number of aryl methyl sites for hydroxylation is 2. The first kappa shape index (κ1) is 15.1. The molecule has 0 saturated heterocycles. The van der Waals surface area contributed by atoms with Crippen LogP contribution in [0, 0.1) is 13.8 Å². The molecule has 2 N–H and O–H groups in total. The number of hydrogen-bond acceptors (Lipinski definition) is 5. The number of furan rings is 1. The minimum atomic E-state index is -0.870. The first-order valence-corrected chi connectivity index (χ1v) is 6.60. The lowest BCUT2D eigenvalue weighted by molar-refractivity contribution is -0.123. The van der Waals surface area contributed by atoms with Crippen molar-refractivity contribution in [1.29, 1.82) is 0 Å². The molecule has 0 radical (unpaired) electrons. The van der Waals surface area contributed by atoms with Crippen molar-refractivity contribution < 1.29 is 19.1 Å². The highest BCUT2D eigenvalue weighted by Gasteiger charge is 2.14. The Hall–Kier alpha value is -2.28. The van der Waals surface area contributed by atoms with Crippen molar-refractivity contribution in [3.63, 3.8) is 0 Å². The van der Waals surface area contributed by atoms with Crippen LogP contribution in [0.4, 0.5) is 0 Å². The fraction of sp³-hybridized carbons (Fsp3) is 0.429. The Morgan fingerprint density at radius 1 is 1.57 bits per heavy atom. The number of aromatic nitrogens is 2. The van der Waals surface area contributed by atoms with Crippen LogP contribution < -0.4 is 10.1 Å². The Morgan fingerprint density at radius 2 is 2.33 bits per heavy atom. The number of carbonyl (C=O) groups is 1. The largest absolute Gasteiger partial charge is 0.480 e.